The van der Waals surface area contributed by atoms with Crippen molar-refractivity contribution in [1.29, 1.82) is 0 Å². The van der Waals surface area contributed by atoms with Crippen molar-refractivity contribution in [3.05, 3.63) is 41.0 Å². The summed E-state index contributed by atoms with van der Waals surface area (Å²) in [5.41, 5.74) is 0. The van der Waals surface area contributed by atoms with Crippen LogP contribution in [0.4, 0.5) is 4.79 Å². The highest BCUT2D eigenvalue weighted by atomic mass is 79.9. The van der Waals surface area contributed by atoms with E-state index >= 15 is 0 Å². The van der Waals surface area contributed by atoms with Crippen molar-refractivity contribution >= 4 is 33.7 Å². The minimum atomic E-state index is -0.0889. The maximum Gasteiger partial charge on any atom is 0.344 e. The smallest absolute Gasteiger partial charge is 0.323 e. The average molecular weight is 354 g/mol. The maximum absolute atomic E-state index is 12.1. The van der Waals surface area contributed by atoms with Crippen molar-refractivity contribution in [2.75, 3.05) is 13.1 Å². The highest BCUT2D eigenvalue weighted by Crippen LogP contribution is 2.32. The Kier molecular flexibility index (Phi) is 5.25. The summed E-state index contributed by atoms with van der Waals surface area (Å²) in [5, 5.41) is 5.13. The van der Waals surface area contributed by atoms with Gasteiger partial charge in [0.05, 0.1) is 0 Å². The largest absolute Gasteiger partial charge is 0.344 e. The van der Waals surface area contributed by atoms with E-state index in [2.05, 4.69) is 21.0 Å². The molecule has 0 N–H and O–H groups in total. The first-order valence-electron chi connectivity index (χ1n) is 6.43. The molecule has 4 nitrogen and oxygen atoms in total. The Morgan fingerprint density at radius 2 is 2.00 bits per heavy atom. The van der Waals surface area contributed by atoms with Crippen molar-refractivity contribution in [3.63, 3.8) is 0 Å². The third-order valence-electron chi connectivity index (χ3n) is 2.85. The van der Waals surface area contributed by atoms with Crippen LogP contribution in [-0.2, 0) is 0 Å². The molecule has 6 heteroatoms. The van der Waals surface area contributed by atoms with Crippen LogP contribution in [0.3, 0.4) is 0 Å². The van der Waals surface area contributed by atoms with Gasteiger partial charge in [-0.15, -0.1) is 0 Å². The third-order valence-corrected chi connectivity index (χ3v) is 4.80. The Morgan fingerprint density at radius 3 is 2.65 bits per heavy atom. The number of halogens is 1. The molecular weight excluding hydrogens is 338 g/mol. The standard InChI is InChI=1S/C14H16BrN3OS/c1-3-17(4-2)14(19)18-10-9-13(16-18)20-12-8-6-5-7-11(12)15/h5-10H,3-4H2,1-2H3. The zero-order valence-corrected chi connectivity index (χ0v) is 13.8. The molecule has 0 saturated carbocycles. The van der Waals surface area contributed by atoms with Crippen LogP contribution in [0.15, 0.2) is 50.9 Å². The monoisotopic (exact) mass is 353 g/mol. The number of nitrogens with zero attached hydrogens (tertiary/aromatic N) is 3. The van der Waals surface area contributed by atoms with Gasteiger partial charge in [-0.2, -0.15) is 9.78 Å². The third kappa shape index (κ3) is 3.43. The molecule has 1 heterocycles. The minimum Gasteiger partial charge on any atom is -0.323 e. The van der Waals surface area contributed by atoms with E-state index in [0.717, 1.165) is 14.4 Å². The second-order valence-corrected chi connectivity index (χ2v) is 6.00. The molecule has 2 aromatic rings. The van der Waals surface area contributed by atoms with E-state index in [9.17, 15) is 4.79 Å². The molecule has 1 amide bonds. The van der Waals surface area contributed by atoms with Crippen molar-refractivity contribution in [2.45, 2.75) is 23.8 Å². The lowest BCUT2D eigenvalue weighted by Crippen LogP contribution is -2.34. The molecule has 2 rings (SSSR count). The van der Waals surface area contributed by atoms with Crippen molar-refractivity contribution in [2.24, 2.45) is 0 Å². The fraction of sp³-hybridized carbons (Fsp3) is 0.286. The van der Waals surface area contributed by atoms with Crippen LogP contribution in [0.2, 0.25) is 0 Å². The molecule has 106 valence electrons. The fourth-order valence-corrected chi connectivity index (χ4v) is 3.07. The number of hydrogen-bond acceptors (Lipinski definition) is 3. The van der Waals surface area contributed by atoms with Crippen LogP contribution in [0.5, 0.6) is 0 Å². The lowest BCUT2D eigenvalue weighted by Gasteiger charge is -2.17. The van der Waals surface area contributed by atoms with E-state index in [0.29, 0.717) is 13.1 Å². The molecule has 0 radical (unpaired) electrons. The summed E-state index contributed by atoms with van der Waals surface area (Å²) in [7, 11) is 0. The number of amides is 1. The number of hydrogen-bond donors (Lipinski definition) is 0. The lowest BCUT2D eigenvalue weighted by atomic mass is 10.4. The van der Waals surface area contributed by atoms with Gasteiger partial charge in [0.25, 0.3) is 0 Å². The quantitative estimate of drug-likeness (QED) is 0.830. The highest BCUT2D eigenvalue weighted by Gasteiger charge is 2.14. The van der Waals surface area contributed by atoms with Gasteiger partial charge in [0, 0.05) is 28.7 Å². The van der Waals surface area contributed by atoms with Crippen LogP contribution in [0.25, 0.3) is 0 Å². The first kappa shape index (κ1) is 15.1. The average Bonchev–Trinajstić information content (AvgIpc) is 2.91. The van der Waals surface area contributed by atoms with Gasteiger partial charge in [-0.1, -0.05) is 23.9 Å². The van der Waals surface area contributed by atoms with E-state index < -0.39 is 0 Å². The number of rotatable bonds is 4. The van der Waals surface area contributed by atoms with Gasteiger partial charge in [-0.05, 0) is 48.0 Å². The summed E-state index contributed by atoms with van der Waals surface area (Å²) in [6.45, 7) is 5.28. The summed E-state index contributed by atoms with van der Waals surface area (Å²) in [6.07, 6.45) is 1.71. The Balaban J connectivity index is 2.13. The van der Waals surface area contributed by atoms with Gasteiger partial charge in [0.2, 0.25) is 0 Å². The van der Waals surface area contributed by atoms with E-state index in [-0.39, 0.29) is 6.03 Å². The molecule has 0 aliphatic carbocycles. The topological polar surface area (TPSA) is 38.1 Å². The molecule has 20 heavy (non-hydrogen) atoms. The van der Waals surface area contributed by atoms with Crippen molar-refractivity contribution in [1.82, 2.24) is 14.7 Å². The van der Waals surface area contributed by atoms with Gasteiger partial charge in [-0.25, -0.2) is 4.79 Å². The number of carbonyl (C=O) groups is 1. The molecule has 0 bridgehead atoms. The first-order chi connectivity index (χ1) is 9.65. The minimum absolute atomic E-state index is 0.0889. The molecule has 1 aromatic heterocycles. The highest BCUT2D eigenvalue weighted by molar-refractivity contribution is 9.10. The zero-order chi connectivity index (χ0) is 14.5. The molecule has 0 saturated heterocycles. The summed E-state index contributed by atoms with van der Waals surface area (Å²) in [6, 6.07) is 9.71. The van der Waals surface area contributed by atoms with E-state index in [1.54, 1.807) is 11.1 Å². The molecule has 0 spiro atoms. The molecule has 0 fully saturated rings. The van der Waals surface area contributed by atoms with Gasteiger partial charge in [-0.3, -0.25) is 0 Å². The lowest BCUT2D eigenvalue weighted by molar-refractivity contribution is 0.201. The maximum atomic E-state index is 12.1. The van der Waals surface area contributed by atoms with Gasteiger partial charge >= 0.3 is 6.03 Å². The number of aromatic nitrogens is 2. The molecule has 0 aliphatic rings. The summed E-state index contributed by atoms with van der Waals surface area (Å²) < 4.78 is 2.42. The number of carbonyl (C=O) groups excluding carboxylic acids is 1. The van der Waals surface area contributed by atoms with Crippen molar-refractivity contribution in [3.8, 4) is 0 Å². The molecule has 0 aliphatic heterocycles. The molecular formula is C14H16BrN3OS. The summed E-state index contributed by atoms with van der Waals surface area (Å²) in [4.78, 5) is 15.0. The Labute approximate surface area is 131 Å². The zero-order valence-electron chi connectivity index (χ0n) is 11.4. The molecule has 0 atom stereocenters. The predicted molar refractivity (Wildman–Crippen MR) is 84.2 cm³/mol. The summed E-state index contributed by atoms with van der Waals surface area (Å²) in [5.74, 6) is 0. The second kappa shape index (κ2) is 6.95. The van der Waals surface area contributed by atoms with Crippen LogP contribution in [0, 0.1) is 0 Å². The first-order valence-corrected chi connectivity index (χ1v) is 8.04. The van der Waals surface area contributed by atoms with Gasteiger partial charge < -0.3 is 4.90 Å². The van der Waals surface area contributed by atoms with E-state index in [4.69, 9.17) is 0 Å². The van der Waals surface area contributed by atoms with E-state index in [1.807, 2.05) is 44.2 Å². The SMILES string of the molecule is CCN(CC)C(=O)n1ccc(Sc2ccccc2Br)n1. The van der Waals surface area contributed by atoms with Crippen LogP contribution in [0.1, 0.15) is 13.8 Å². The Morgan fingerprint density at radius 1 is 1.30 bits per heavy atom. The van der Waals surface area contributed by atoms with E-state index in [1.165, 1.54) is 16.4 Å². The predicted octanol–water partition coefficient (Wildman–Crippen LogP) is 4.11. The van der Waals surface area contributed by atoms with Crippen LogP contribution < -0.4 is 0 Å². The normalized spacial score (nSPS) is 10.6. The van der Waals surface area contributed by atoms with Crippen LogP contribution >= 0.6 is 27.7 Å². The molecule has 0 unspecified atom stereocenters. The number of benzene rings is 1. The van der Waals surface area contributed by atoms with Crippen molar-refractivity contribution < 1.29 is 4.79 Å². The summed E-state index contributed by atoms with van der Waals surface area (Å²) >= 11 is 5.03. The Hall–Kier alpha value is -1.27. The fourth-order valence-electron chi connectivity index (χ4n) is 1.75. The molecule has 1 aromatic carbocycles. The second-order valence-electron chi connectivity index (χ2n) is 4.09. The Bertz CT molecular complexity index is 596. The van der Waals surface area contributed by atoms with Gasteiger partial charge in [0.15, 0.2) is 0 Å². The van der Waals surface area contributed by atoms with Crippen LogP contribution in [-0.4, -0.2) is 33.8 Å². The van der Waals surface area contributed by atoms with Gasteiger partial charge in [0.1, 0.15) is 5.03 Å².